The van der Waals surface area contributed by atoms with Crippen molar-refractivity contribution in [3.63, 3.8) is 0 Å². The molecular formula is C14H20N2O3. The second-order valence-electron chi connectivity index (χ2n) is 5.18. The molecule has 0 radical (unpaired) electrons. The number of amides is 1. The van der Waals surface area contributed by atoms with Gasteiger partial charge in [-0.1, -0.05) is 0 Å². The number of hydrogen-bond donors (Lipinski definition) is 1. The first kappa shape index (κ1) is 13.7. The van der Waals surface area contributed by atoms with Crippen molar-refractivity contribution in [3.8, 4) is 0 Å². The summed E-state index contributed by atoms with van der Waals surface area (Å²) in [6, 6.07) is 7.74. The fourth-order valence-electron chi connectivity index (χ4n) is 2.23. The quantitative estimate of drug-likeness (QED) is 0.891. The minimum Gasteiger partial charge on any atom is -0.453 e. The Morgan fingerprint density at radius 3 is 2.63 bits per heavy atom. The van der Waals surface area contributed by atoms with Gasteiger partial charge in [-0.2, -0.15) is 0 Å². The number of ether oxygens (including phenoxy) is 2. The predicted octanol–water partition coefficient (Wildman–Crippen LogP) is 2.48. The largest absolute Gasteiger partial charge is 0.453 e. The number of rotatable bonds is 2. The Balaban J connectivity index is 2.11. The molecule has 0 aromatic heterocycles. The van der Waals surface area contributed by atoms with Crippen molar-refractivity contribution < 1.29 is 14.3 Å². The summed E-state index contributed by atoms with van der Waals surface area (Å²) >= 11 is 0. The first-order chi connectivity index (χ1) is 9.03. The normalized spacial score (nSPS) is 17.9. The zero-order valence-corrected chi connectivity index (χ0v) is 11.6. The summed E-state index contributed by atoms with van der Waals surface area (Å²) in [4.78, 5) is 13.4. The van der Waals surface area contributed by atoms with Gasteiger partial charge >= 0.3 is 6.09 Å². The van der Waals surface area contributed by atoms with E-state index in [0.717, 1.165) is 31.1 Å². The SMILES string of the molecule is COC(=O)Nc1ccc(N2CCOCC2(C)C)cc1. The minimum absolute atomic E-state index is 0.0183. The maximum absolute atomic E-state index is 11.1. The van der Waals surface area contributed by atoms with Gasteiger partial charge in [0.2, 0.25) is 0 Å². The van der Waals surface area contributed by atoms with Crippen LogP contribution in [0.15, 0.2) is 24.3 Å². The van der Waals surface area contributed by atoms with E-state index in [1.54, 1.807) is 0 Å². The van der Waals surface area contributed by atoms with Crippen molar-refractivity contribution in [3.05, 3.63) is 24.3 Å². The van der Waals surface area contributed by atoms with Crippen LogP contribution in [0.5, 0.6) is 0 Å². The third kappa shape index (κ3) is 3.17. The molecule has 5 heteroatoms. The van der Waals surface area contributed by atoms with E-state index in [4.69, 9.17) is 4.74 Å². The van der Waals surface area contributed by atoms with Gasteiger partial charge < -0.3 is 14.4 Å². The van der Waals surface area contributed by atoms with Crippen molar-refractivity contribution in [2.45, 2.75) is 19.4 Å². The van der Waals surface area contributed by atoms with Gasteiger partial charge in [-0.15, -0.1) is 0 Å². The first-order valence-corrected chi connectivity index (χ1v) is 6.33. The van der Waals surface area contributed by atoms with Gasteiger partial charge in [-0.25, -0.2) is 4.79 Å². The fourth-order valence-corrected chi connectivity index (χ4v) is 2.23. The van der Waals surface area contributed by atoms with Crippen molar-refractivity contribution in [1.82, 2.24) is 0 Å². The summed E-state index contributed by atoms with van der Waals surface area (Å²) in [7, 11) is 1.35. The lowest BCUT2D eigenvalue weighted by Crippen LogP contribution is -2.53. The third-order valence-electron chi connectivity index (χ3n) is 3.26. The van der Waals surface area contributed by atoms with Gasteiger partial charge in [-0.3, -0.25) is 5.32 Å². The summed E-state index contributed by atoms with van der Waals surface area (Å²) in [5, 5.41) is 2.64. The number of benzene rings is 1. The molecule has 104 valence electrons. The molecule has 0 saturated carbocycles. The van der Waals surface area contributed by atoms with Crippen LogP contribution in [0, 0.1) is 0 Å². The van der Waals surface area contributed by atoms with Gasteiger partial charge in [0.25, 0.3) is 0 Å². The summed E-state index contributed by atoms with van der Waals surface area (Å²) in [6.45, 7) is 6.65. The number of hydrogen-bond acceptors (Lipinski definition) is 4. The average molecular weight is 264 g/mol. The number of anilines is 2. The van der Waals surface area contributed by atoms with Crippen LogP contribution in [0.2, 0.25) is 0 Å². The van der Waals surface area contributed by atoms with E-state index in [0.29, 0.717) is 0 Å². The highest BCUT2D eigenvalue weighted by atomic mass is 16.5. The molecule has 1 aromatic rings. The van der Waals surface area contributed by atoms with Gasteiger partial charge in [0.05, 0.1) is 25.9 Å². The van der Waals surface area contributed by atoms with Crippen LogP contribution in [-0.4, -0.2) is 38.5 Å². The Kier molecular flexibility index (Phi) is 3.95. The Morgan fingerprint density at radius 1 is 1.37 bits per heavy atom. The molecular weight excluding hydrogens is 244 g/mol. The molecule has 1 aliphatic rings. The highest BCUT2D eigenvalue weighted by Crippen LogP contribution is 2.27. The van der Waals surface area contributed by atoms with Crippen LogP contribution in [0.1, 0.15) is 13.8 Å². The summed E-state index contributed by atoms with van der Waals surface area (Å²) in [6.07, 6.45) is -0.459. The molecule has 19 heavy (non-hydrogen) atoms. The lowest BCUT2D eigenvalue weighted by atomic mass is 10.0. The van der Waals surface area contributed by atoms with Gasteiger partial charge in [0.1, 0.15) is 0 Å². The van der Waals surface area contributed by atoms with Crippen LogP contribution >= 0.6 is 0 Å². The molecule has 5 nitrogen and oxygen atoms in total. The lowest BCUT2D eigenvalue weighted by molar-refractivity contribution is 0.0644. The molecule has 0 unspecified atom stereocenters. The topological polar surface area (TPSA) is 50.8 Å². The molecule has 1 fully saturated rings. The molecule has 2 rings (SSSR count). The molecule has 1 amide bonds. The van der Waals surface area contributed by atoms with Crippen molar-refractivity contribution in [2.75, 3.05) is 37.1 Å². The van der Waals surface area contributed by atoms with Crippen LogP contribution in [-0.2, 0) is 9.47 Å². The molecule has 0 bridgehead atoms. The predicted molar refractivity (Wildman–Crippen MR) is 74.7 cm³/mol. The second kappa shape index (κ2) is 5.48. The molecule has 0 aliphatic carbocycles. The highest BCUT2D eigenvalue weighted by molar-refractivity contribution is 5.84. The van der Waals surface area contributed by atoms with Gasteiger partial charge in [-0.05, 0) is 38.1 Å². The monoisotopic (exact) mass is 264 g/mol. The van der Waals surface area contributed by atoms with E-state index in [1.165, 1.54) is 7.11 Å². The maximum Gasteiger partial charge on any atom is 0.411 e. The lowest BCUT2D eigenvalue weighted by Gasteiger charge is -2.43. The fraction of sp³-hybridized carbons (Fsp3) is 0.500. The van der Waals surface area contributed by atoms with E-state index in [1.807, 2.05) is 24.3 Å². The van der Waals surface area contributed by atoms with Crippen LogP contribution in [0.4, 0.5) is 16.2 Å². The molecule has 1 aliphatic heterocycles. The molecule has 1 aromatic carbocycles. The second-order valence-corrected chi connectivity index (χ2v) is 5.18. The number of carbonyl (C=O) groups is 1. The molecule has 0 atom stereocenters. The third-order valence-corrected chi connectivity index (χ3v) is 3.26. The number of nitrogens with zero attached hydrogens (tertiary/aromatic N) is 1. The number of morpholine rings is 1. The van der Waals surface area contributed by atoms with E-state index < -0.39 is 6.09 Å². The zero-order valence-electron chi connectivity index (χ0n) is 11.6. The average Bonchev–Trinajstić information content (AvgIpc) is 2.39. The Hall–Kier alpha value is -1.75. The summed E-state index contributed by atoms with van der Waals surface area (Å²) in [5.41, 5.74) is 1.83. The van der Waals surface area contributed by atoms with E-state index >= 15 is 0 Å². The number of carbonyl (C=O) groups excluding carboxylic acids is 1. The molecule has 1 heterocycles. The first-order valence-electron chi connectivity index (χ1n) is 6.33. The van der Waals surface area contributed by atoms with Crippen LogP contribution < -0.4 is 10.2 Å². The Labute approximate surface area is 113 Å². The Bertz CT molecular complexity index is 443. The van der Waals surface area contributed by atoms with Crippen molar-refractivity contribution >= 4 is 17.5 Å². The van der Waals surface area contributed by atoms with E-state index in [9.17, 15) is 4.79 Å². The maximum atomic E-state index is 11.1. The molecule has 1 saturated heterocycles. The van der Waals surface area contributed by atoms with Crippen LogP contribution in [0.3, 0.4) is 0 Å². The standard InChI is InChI=1S/C14H20N2O3/c1-14(2)10-19-9-8-16(14)12-6-4-11(5-7-12)15-13(17)18-3/h4-7H,8-10H2,1-3H3,(H,15,17). The highest BCUT2D eigenvalue weighted by Gasteiger charge is 2.30. The van der Waals surface area contributed by atoms with Crippen molar-refractivity contribution in [2.24, 2.45) is 0 Å². The van der Waals surface area contributed by atoms with Gasteiger partial charge in [0.15, 0.2) is 0 Å². The molecule has 0 spiro atoms. The minimum atomic E-state index is -0.459. The van der Waals surface area contributed by atoms with Gasteiger partial charge in [0, 0.05) is 17.9 Å². The van der Waals surface area contributed by atoms with Crippen LogP contribution in [0.25, 0.3) is 0 Å². The zero-order chi connectivity index (χ0) is 13.9. The molecule has 1 N–H and O–H groups in total. The number of methoxy groups -OCH3 is 1. The van der Waals surface area contributed by atoms with E-state index in [2.05, 4.69) is 28.8 Å². The van der Waals surface area contributed by atoms with E-state index in [-0.39, 0.29) is 5.54 Å². The smallest absolute Gasteiger partial charge is 0.411 e. The van der Waals surface area contributed by atoms with Crippen molar-refractivity contribution in [1.29, 1.82) is 0 Å². The number of nitrogens with one attached hydrogen (secondary N) is 1. The summed E-state index contributed by atoms with van der Waals surface area (Å²) in [5.74, 6) is 0. The Morgan fingerprint density at radius 2 is 2.05 bits per heavy atom. The summed E-state index contributed by atoms with van der Waals surface area (Å²) < 4.78 is 10.1.